The third-order valence-corrected chi connectivity index (χ3v) is 5.32. The fraction of sp³-hybridized carbons (Fsp3) is 1.00. The smallest absolute Gasteiger partial charge is 0.334 e. The molecule has 0 aromatic carbocycles. The molecule has 0 amide bonds. The second-order valence-corrected chi connectivity index (χ2v) is 7.09. The van der Waals surface area contributed by atoms with Crippen LogP contribution in [-0.4, -0.2) is 35.4 Å². The van der Waals surface area contributed by atoms with Gasteiger partial charge in [0.15, 0.2) is 0 Å². The number of hydrogen-bond donors (Lipinski definition) is 1. The second-order valence-electron chi connectivity index (χ2n) is 3.62. The summed E-state index contributed by atoms with van der Waals surface area (Å²) in [6.45, 7) is 9.29. The van der Waals surface area contributed by atoms with Crippen LogP contribution < -0.4 is 5.32 Å². The molecule has 4 heteroatoms. The second kappa shape index (κ2) is 8.41. The first-order chi connectivity index (χ1) is 6.68. The standard InChI is InChI=1S/C10H25NO2Si/c1-5-8-11-9-7-10-14(4,12-3)13-6-2/h11H,5-10H2,1-4H3. The van der Waals surface area contributed by atoms with Gasteiger partial charge in [-0.3, -0.25) is 0 Å². The summed E-state index contributed by atoms with van der Waals surface area (Å²) in [4.78, 5) is 0. The van der Waals surface area contributed by atoms with Gasteiger partial charge < -0.3 is 14.2 Å². The van der Waals surface area contributed by atoms with E-state index in [1.165, 1.54) is 6.42 Å². The molecule has 0 bridgehead atoms. The van der Waals surface area contributed by atoms with Crippen molar-refractivity contribution in [1.29, 1.82) is 0 Å². The van der Waals surface area contributed by atoms with E-state index in [0.717, 1.165) is 32.2 Å². The van der Waals surface area contributed by atoms with Crippen molar-refractivity contribution in [3.63, 3.8) is 0 Å². The highest BCUT2D eigenvalue weighted by atomic mass is 28.4. The van der Waals surface area contributed by atoms with Gasteiger partial charge in [0.05, 0.1) is 0 Å². The Morgan fingerprint density at radius 2 is 1.93 bits per heavy atom. The Morgan fingerprint density at radius 3 is 2.43 bits per heavy atom. The molecular formula is C10H25NO2Si. The maximum absolute atomic E-state index is 5.67. The summed E-state index contributed by atoms with van der Waals surface area (Å²) >= 11 is 0. The Bertz CT molecular complexity index is 135. The van der Waals surface area contributed by atoms with Gasteiger partial charge >= 0.3 is 8.56 Å². The van der Waals surface area contributed by atoms with Crippen LogP contribution in [-0.2, 0) is 8.85 Å². The number of hydrogen-bond acceptors (Lipinski definition) is 3. The Morgan fingerprint density at radius 1 is 1.21 bits per heavy atom. The molecule has 0 radical (unpaired) electrons. The molecule has 0 saturated heterocycles. The highest BCUT2D eigenvalue weighted by Gasteiger charge is 2.28. The van der Waals surface area contributed by atoms with Gasteiger partial charge in [-0.05, 0) is 45.4 Å². The van der Waals surface area contributed by atoms with E-state index >= 15 is 0 Å². The Labute approximate surface area is 89.4 Å². The van der Waals surface area contributed by atoms with Gasteiger partial charge in [-0.15, -0.1) is 0 Å². The molecule has 0 rings (SSSR count). The minimum Gasteiger partial charge on any atom is -0.398 e. The lowest BCUT2D eigenvalue weighted by molar-refractivity contribution is 0.214. The first-order valence-corrected chi connectivity index (χ1v) is 8.10. The van der Waals surface area contributed by atoms with Crippen molar-refractivity contribution in [3.8, 4) is 0 Å². The minimum absolute atomic E-state index is 0.763. The monoisotopic (exact) mass is 219 g/mol. The van der Waals surface area contributed by atoms with Gasteiger partial charge in [0.1, 0.15) is 0 Å². The highest BCUT2D eigenvalue weighted by Crippen LogP contribution is 2.13. The molecule has 0 aromatic heterocycles. The van der Waals surface area contributed by atoms with Gasteiger partial charge in [-0.2, -0.15) is 0 Å². The first-order valence-electron chi connectivity index (χ1n) is 5.58. The van der Waals surface area contributed by atoms with E-state index in [4.69, 9.17) is 8.85 Å². The van der Waals surface area contributed by atoms with Gasteiger partial charge in [0.2, 0.25) is 0 Å². The first kappa shape index (κ1) is 14.1. The zero-order valence-corrected chi connectivity index (χ0v) is 11.1. The Kier molecular flexibility index (Phi) is 8.47. The molecule has 14 heavy (non-hydrogen) atoms. The van der Waals surface area contributed by atoms with Crippen molar-refractivity contribution in [3.05, 3.63) is 0 Å². The summed E-state index contributed by atoms with van der Waals surface area (Å²) in [5.74, 6) is 0. The van der Waals surface area contributed by atoms with Crippen molar-refractivity contribution in [1.82, 2.24) is 5.32 Å². The lowest BCUT2D eigenvalue weighted by Crippen LogP contribution is -2.38. The zero-order chi connectivity index (χ0) is 10.9. The molecule has 0 aliphatic carbocycles. The molecule has 3 nitrogen and oxygen atoms in total. The molecule has 0 spiro atoms. The van der Waals surface area contributed by atoms with Crippen molar-refractivity contribution in [2.24, 2.45) is 0 Å². The van der Waals surface area contributed by atoms with Crippen LogP contribution in [0, 0.1) is 0 Å². The van der Waals surface area contributed by atoms with E-state index in [2.05, 4.69) is 18.8 Å². The molecule has 0 aromatic rings. The van der Waals surface area contributed by atoms with Crippen molar-refractivity contribution < 1.29 is 8.85 Å². The number of rotatable bonds is 9. The lowest BCUT2D eigenvalue weighted by Gasteiger charge is -2.24. The van der Waals surface area contributed by atoms with Crippen LogP contribution in [0.1, 0.15) is 26.7 Å². The third-order valence-electron chi connectivity index (χ3n) is 2.29. The van der Waals surface area contributed by atoms with Gasteiger partial charge in [-0.1, -0.05) is 6.92 Å². The van der Waals surface area contributed by atoms with E-state index in [1.54, 1.807) is 7.11 Å². The molecule has 0 fully saturated rings. The summed E-state index contributed by atoms with van der Waals surface area (Å²) in [6, 6.07) is 1.08. The van der Waals surface area contributed by atoms with Crippen LogP contribution in [0.2, 0.25) is 12.6 Å². The lowest BCUT2D eigenvalue weighted by atomic mass is 10.4. The third kappa shape index (κ3) is 6.54. The molecule has 1 N–H and O–H groups in total. The molecular weight excluding hydrogens is 194 g/mol. The maximum atomic E-state index is 5.67. The summed E-state index contributed by atoms with van der Waals surface area (Å²) in [5.41, 5.74) is 0. The highest BCUT2D eigenvalue weighted by molar-refractivity contribution is 6.65. The van der Waals surface area contributed by atoms with Crippen LogP contribution >= 0.6 is 0 Å². The zero-order valence-electron chi connectivity index (χ0n) is 10.1. The molecule has 86 valence electrons. The molecule has 0 aliphatic heterocycles. The SMILES string of the molecule is CCCNCCC[Si](C)(OC)OCC. The molecule has 1 atom stereocenters. The molecule has 0 heterocycles. The van der Waals surface area contributed by atoms with Gasteiger partial charge in [0.25, 0.3) is 0 Å². The van der Waals surface area contributed by atoms with Gasteiger partial charge in [0, 0.05) is 13.7 Å². The van der Waals surface area contributed by atoms with Crippen LogP contribution in [0.15, 0.2) is 0 Å². The van der Waals surface area contributed by atoms with E-state index < -0.39 is 8.56 Å². The Balaban J connectivity index is 3.51. The van der Waals surface area contributed by atoms with Crippen molar-refractivity contribution in [2.75, 3.05) is 26.8 Å². The summed E-state index contributed by atoms with van der Waals surface area (Å²) in [6.07, 6.45) is 2.35. The summed E-state index contributed by atoms with van der Waals surface area (Å²) < 4.78 is 11.1. The van der Waals surface area contributed by atoms with Crippen molar-refractivity contribution in [2.45, 2.75) is 39.3 Å². The predicted octanol–water partition coefficient (Wildman–Crippen LogP) is 2.13. The van der Waals surface area contributed by atoms with E-state index in [-0.39, 0.29) is 0 Å². The summed E-state index contributed by atoms with van der Waals surface area (Å²) in [5, 5.41) is 3.38. The topological polar surface area (TPSA) is 30.5 Å². The minimum atomic E-state index is -1.82. The predicted molar refractivity (Wildman–Crippen MR) is 62.8 cm³/mol. The van der Waals surface area contributed by atoms with Crippen molar-refractivity contribution >= 4 is 8.56 Å². The fourth-order valence-corrected chi connectivity index (χ4v) is 3.27. The largest absolute Gasteiger partial charge is 0.398 e. The molecule has 0 aliphatic rings. The summed E-state index contributed by atoms with van der Waals surface area (Å²) in [7, 11) is -0.0583. The van der Waals surface area contributed by atoms with Gasteiger partial charge in [-0.25, -0.2) is 0 Å². The number of nitrogens with one attached hydrogen (secondary N) is 1. The van der Waals surface area contributed by atoms with Crippen LogP contribution in [0.5, 0.6) is 0 Å². The van der Waals surface area contributed by atoms with E-state index in [0.29, 0.717) is 0 Å². The maximum Gasteiger partial charge on any atom is 0.334 e. The van der Waals surface area contributed by atoms with Crippen LogP contribution in [0.4, 0.5) is 0 Å². The van der Waals surface area contributed by atoms with E-state index in [9.17, 15) is 0 Å². The molecule has 0 saturated carbocycles. The quantitative estimate of drug-likeness (QED) is 0.476. The normalized spacial score (nSPS) is 15.4. The molecule has 1 unspecified atom stereocenters. The fourth-order valence-electron chi connectivity index (χ4n) is 1.37. The Hall–Kier alpha value is 0.0969. The average Bonchev–Trinajstić information content (AvgIpc) is 2.18. The van der Waals surface area contributed by atoms with Crippen LogP contribution in [0.25, 0.3) is 0 Å². The average molecular weight is 219 g/mol. The van der Waals surface area contributed by atoms with Crippen LogP contribution in [0.3, 0.4) is 0 Å². The van der Waals surface area contributed by atoms with E-state index in [1.807, 2.05) is 6.92 Å².